The number of carbonyl (C=O) groups is 1. The third kappa shape index (κ3) is 4.53. The highest BCUT2D eigenvalue weighted by atomic mass is 32.2. The lowest BCUT2D eigenvalue weighted by Gasteiger charge is -2.14. The maximum absolute atomic E-state index is 13.3. The number of hydrogen-bond acceptors (Lipinski definition) is 6. The fraction of sp³-hybridized carbons (Fsp3) is 0.160. The average Bonchev–Trinajstić information content (AvgIpc) is 2.83. The molecule has 4 rings (SSSR count). The molecule has 6 nitrogen and oxygen atoms in total. The Morgan fingerprint density at radius 1 is 1.00 bits per heavy atom. The molecule has 0 aliphatic rings. The number of ether oxygens (including phenoxy) is 2. The number of aromatic nitrogens is 2. The first kappa shape index (κ1) is 21.6. The monoisotopic (exact) mass is 446 g/mol. The second-order valence-corrected chi connectivity index (χ2v) is 7.87. The summed E-state index contributed by atoms with van der Waals surface area (Å²) >= 11 is 1.23. The zero-order valence-electron chi connectivity index (χ0n) is 17.8. The van der Waals surface area contributed by atoms with Gasteiger partial charge in [-0.3, -0.25) is 14.2 Å². The normalized spacial score (nSPS) is 10.8. The van der Waals surface area contributed by atoms with Crippen LogP contribution in [0.5, 0.6) is 11.5 Å². The minimum atomic E-state index is -0.195. The lowest BCUT2D eigenvalue weighted by molar-refractivity contribution is 0.102. The third-order valence-electron chi connectivity index (χ3n) is 4.88. The molecule has 32 heavy (non-hydrogen) atoms. The fourth-order valence-electron chi connectivity index (χ4n) is 3.30. The quantitative estimate of drug-likeness (QED) is 0.221. The van der Waals surface area contributed by atoms with Crippen LogP contribution in [-0.2, 0) is 0 Å². The molecule has 0 saturated heterocycles. The maximum Gasteiger partial charge on any atom is 0.266 e. The minimum Gasteiger partial charge on any atom is -0.497 e. The van der Waals surface area contributed by atoms with E-state index in [2.05, 4.69) is 4.98 Å². The number of carbonyl (C=O) groups excluding carboxylic acids is 1. The fourth-order valence-corrected chi connectivity index (χ4v) is 4.21. The van der Waals surface area contributed by atoms with Crippen LogP contribution < -0.4 is 15.0 Å². The van der Waals surface area contributed by atoms with Gasteiger partial charge >= 0.3 is 0 Å². The van der Waals surface area contributed by atoms with Crippen LogP contribution in [0.2, 0.25) is 0 Å². The van der Waals surface area contributed by atoms with Crippen LogP contribution in [0.3, 0.4) is 0 Å². The molecule has 0 N–H and O–H groups in total. The van der Waals surface area contributed by atoms with Crippen LogP contribution in [0, 0.1) is 0 Å². The summed E-state index contributed by atoms with van der Waals surface area (Å²) in [5.74, 6) is 1.43. The first-order valence-corrected chi connectivity index (χ1v) is 11.1. The van der Waals surface area contributed by atoms with Crippen molar-refractivity contribution >= 4 is 28.4 Å². The molecule has 4 aromatic rings. The van der Waals surface area contributed by atoms with Crippen molar-refractivity contribution in [3.63, 3.8) is 0 Å². The predicted octanol–water partition coefficient (Wildman–Crippen LogP) is 4.77. The molecule has 0 amide bonds. The Bertz CT molecular complexity index is 1320. The lowest BCUT2D eigenvalue weighted by Crippen LogP contribution is -2.22. The zero-order chi connectivity index (χ0) is 22.5. The molecular weight excluding hydrogens is 424 g/mol. The van der Waals surface area contributed by atoms with Crippen LogP contribution in [0.25, 0.3) is 16.6 Å². The van der Waals surface area contributed by atoms with E-state index in [9.17, 15) is 9.59 Å². The van der Waals surface area contributed by atoms with Crippen molar-refractivity contribution in [1.29, 1.82) is 0 Å². The first-order chi connectivity index (χ1) is 15.6. The van der Waals surface area contributed by atoms with Gasteiger partial charge in [-0.25, -0.2) is 4.98 Å². The Balaban J connectivity index is 1.69. The van der Waals surface area contributed by atoms with E-state index in [0.717, 1.165) is 5.75 Å². The van der Waals surface area contributed by atoms with E-state index in [1.807, 2.05) is 37.3 Å². The van der Waals surface area contributed by atoms with E-state index in [1.54, 1.807) is 49.6 Å². The summed E-state index contributed by atoms with van der Waals surface area (Å²) in [5.41, 5.74) is 1.60. The van der Waals surface area contributed by atoms with Crippen molar-refractivity contribution in [3.8, 4) is 17.2 Å². The van der Waals surface area contributed by atoms with Gasteiger partial charge in [-0.2, -0.15) is 0 Å². The third-order valence-corrected chi connectivity index (χ3v) is 5.81. The number of thioether (sulfide) groups is 1. The molecule has 0 unspecified atom stereocenters. The predicted molar refractivity (Wildman–Crippen MR) is 127 cm³/mol. The summed E-state index contributed by atoms with van der Waals surface area (Å²) in [6, 6.07) is 21.5. The van der Waals surface area contributed by atoms with Gasteiger partial charge in [0.2, 0.25) is 0 Å². The Morgan fingerprint density at radius 3 is 2.53 bits per heavy atom. The molecular formula is C25H22N2O4S. The topological polar surface area (TPSA) is 70.4 Å². The van der Waals surface area contributed by atoms with E-state index < -0.39 is 0 Å². The summed E-state index contributed by atoms with van der Waals surface area (Å²) in [4.78, 5) is 30.8. The second kappa shape index (κ2) is 9.70. The van der Waals surface area contributed by atoms with Crippen molar-refractivity contribution in [2.75, 3.05) is 19.5 Å². The Morgan fingerprint density at radius 2 is 1.78 bits per heavy atom. The highest BCUT2D eigenvalue weighted by molar-refractivity contribution is 7.99. The molecule has 162 valence electrons. The zero-order valence-corrected chi connectivity index (χ0v) is 18.6. The van der Waals surface area contributed by atoms with Crippen LogP contribution in [0.1, 0.15) is 17.3 Å². The van der Waals surface area contributed by atoms with E-state index in [-0.39, 0.29) is 17.1 Å². The summed E-state index contributed by atoms with van der Waals surface area (Å²) in [6.07, 6.45) is 0. The Labute approximate surface area is 189 Å². The van der Waals surface area contributed by atoms with Crippen LogP contribution in [-0.4, -0.2) is 34.8 Å². The number of Topliss-reactive ketones (excluding diaryl/α,β-unsaturated/α-hetero) is 1. The van der Waals surface area contributed by atoms with Crippen molar-refractivity contribution in [2.24, 2.45) is 0 Å². The van der Waals surface area contributed by atoms with Crippen molar-refractivity contribution in [3.05, 3.63) is 88.7 Å². The highest BCUT2D eigenvalue weighted by Crippen LogP contribution is 2.24. The van der Waals surface area contributed by atoms with Gasteiger partial charge in [0.05, 0.1) is 36.1 Å². The minimum absolute atomic E-state index is 0.0577. The molecule has 7 heteroatoms. The molecule has 0 aliphatic heterocycles. The van der Waals surface area contributed by atoms with Gasteiger partial charge in [0.15, 0.2) is 10.9 Å². The molecule has 1 heterocycles. The highest BCUT2D eigenvalue weighted by Gasteiger charge is 2.16. The molecule has 0 spiro atoms. The van der Waals surface area contributed by atoms with Gasteiger partial charge in [-0.05, 0) is 55.5 Å². The summed E-state index contributed by atoms with van der Waals surface area (Å²) in [5, 5.41) is 0.957. The largest absolute Gasteiger partial charge is 0.497 e. The summed E-state index contributed by atoms with van der Waals surface area (Å²) in [6.45, 7) is 2.48. The number of hydrogen-bond donors (Lipinski definition) is 0. The Hall–Kier alpha value is -3.58. The molecule has 0 saturated carbocycles. The number of rotatable bonds is 8. The van der Waals surface area contributed by atoms with Gasteiger partial charge in [0, 0.05) is 11.6 Å². The SMILES string of the molecule is CCOc1ccc(C(=O)CSc2nc3ccccc3c(=O)n2-c2cccc(OC)c2)cc1. The van der Waals surface area contributed by atoms with Crippen molar-refractivity contribution in [2.45, 2.75) is 12.1 Å². The molecule has 0 radical (unpaired) electrons. The molecule has 0 fully saturated rings. The maximum atomic E-state index is 13.3. The van der Waals surface area contributed by atoms with Gasteiger partial charge in [-0.1, -0.05) is 30.0 Å². The first-order valence-electron chi connectivity index (χ1n) is 10.2. The standard InChI is InChI=1S/C25H22N2O4S/c1-3-31-19-13-11-17(12-14-19)23(28)16-32-25-26-22-10-5-4-9-21(22)24(29)27(25)18-7-6-8-20(15-18)30-2/h4-15H,3,16H2,1-2H3. The van der Waals surface area contributed by atoms with Gasteiger partial charge < -0.3 is 9.47 Å². The van der Waals surface area contributed by atoms with Crippen LogP contribution >= 0.6 is 11.8 Å². The molecule has 0 bridgehead atoms. The number of methoxy groups -OCH3 is 1. The number of benzene rings is 3. The molecule has 1 aromatic heterocycles. The van der Waals surface area contributed by atoms with Crippen LogP contribution in [0.15, 0.2) is 82.7 Å². The van der Waals surface area contributed by atoms with Crippen molar-refractivity contribution < 1.29 is 14.3 Å². The molecule has 3 aromatic carbocycles. The second-order valence-electron chi connectivity index (χ2n) is 6.92. The number of ketones is 1. The van der Waals surface area contributed by atoms with E-state index in [0.29, 0.717) is 39.7 Å². The van der Waals surface area contributed by atoms with E-state index in [4.69, 9.17) is 9.47 Å². The van der Waals surface area contributed by atoms with Gasteiger partial charge in [0.25, 0.3) is 5.56 Å². The Kier molecular flexibility index (Phi) is 6.56. The average molecular weight is 447 g/mol. The van der Waals surface area contributed by atoms with E-state index >= 15 is 0 Å². The van der Waals surface area contributed by atoms with Crippen LogP contribution in [0.4, 0.5) is 0 Å². The molecule has 0 aliphatic carbocycles. The lowest BCUT2D eigenvalue weighted by atomic mass is 10.1. The van der Waals surface area contributed by atoms with Gasteiger partial charge in [0.1, 0.15) is 11.5 Å². The number of fused-ring (bicyclic) bond motifs is 1. The van der Waals surface area contributed by atoms with Gasteiger partial charge in [-0.15, -0.1) is 0 Å². The van der Waals surface area contributed by atoms with Crippen molar-refractivity contribution in [1.82, 2.24) is 9.55 Å². The summed E-state index contributed by atoms with van der Waals surface area (Å²) < 4.78 is 12.3. The van der Waals surface area contributed by atoms with E-state index in [1.165, 1.54) is 16.3 Å². The summed E-state index contributed by atoms with van der Waals surface area (Å²) in [7, 11) is 1.58. The number of para-hydroxylation sites is 1. The number of nitrogens with zero attached hydrogens (tertiary/aromatic N) is 2. The molecule has 0 atom stereocenters. The smallest absolute Gasteiger partial charge is 0.266 e.